The standard InChI is InChI=1S/C20H23FN2O3/c21-16-3-1-2-13(10-16)12-22-6-8-23(9-7-22)19(24)17-14-4-5-15(11-14)18(17)20(25)26/h1-5,10,14-15,17-18H,6-9,11-12H2,(H,25,26)/t14-,15+,17-,18+/m1/s1. The smallest absolute Gasteiger partial charge is 0.227 e. The van der Waals surface area contributed by atoms with Gasteiger partial charge in [-0.2, -0.15) is 0 Å². The second kappa shape index (κ2) is 6.83. The van der Waals surface area contributed by atoms with Crippen molar-refractivity contribution in [2.24, 2.45) is 23.7 Å². The highest BCUT2D eigenvalue weighted by molar-refractivity contribution is 5.86. The Morgan fingerprint density at radius 2 is 1.85 bits per heavy atom. The minimum Gasteiger partial charge on any atom is -0.550 e. The Labute approximate surface area is 152 Å². The summed E-state index contributed by atoms with van der Waals surface area (Å²) in [5.74, 6) is -2.55. The summed E-state index contributed by atoms with van der Waals surface area (Å²) in [6.07, 6.45) is 4.67. The molecule has 2 bridgehead atoms. The van der Waals surface area contributed by atoms with Crippen LogP contribution < -0.4 is 10.0 Å². The number of aliphatic carboxylic acids is 1. The first-order chi connectivity index (χ1) is 12.5. The van der Waals surface area contributed by atoms with Crippen LogP contribution in [0.15, 0.2) is 36.4 Å². The predicted molar refractivity (Wildman–Crippen MR) is 90.1 cm³/mol. The first-order valence-electron chi connectivity index (χ1n) is 9.29. The molecular weight excluding hydrogens is 335 g/mol. The number of benzene rings is 1. The molecule has 1 saturated heterocycles. The summed E-state index contributed by atoms with van der Waals surface area (Å²) in [5, 5.41) is 11.5. The zero-order valence-electron chi connectivity index (χ0n) is 14.6. The van der Waals surface area contributed by atoms with E-state index in [4.69, 9.17) is 0 Å². The lowest BCUT2D eigenvalue weighted by Crippen LogP contribution is -3.13. The Morgan fingerprint density at radius 1 is 1.15 bits per heavy atom. The third-order valence-corrected chi connectivity index (χ3v) is 6.14. The van der Waals surface area contributed by atoms with Crippen LogP contribution in [-0.2, 0) is 16.1 Å². The van der Waals surface area contributed by atoms with Crippen molar-refractivity contribution in [1.29, 1.82) is 0 Å². The molecule has 5 nitrogen and oxygen atoms in total. The number of amides is 1. The molecule has 2 fully saturated rings. The van der Waals surface area contributed by atoms with Gasteiger partial charge in [-0.05, 0) is 30.4 Å². The number of rotatable bonds is 4. The molecule has 26 heavy (non-hydrogen) atoms. The Kier molecular flexibility index (Phi) is 4.53. The fourth-order valence-electron chi connectivity index (χ4n) is 4.85. The number of nitrogens with zero attached hydrogens (tertiary/aromatic N) is 1. The van der Waals surface area contributed by atoms with E-state index in [0.29, 0.717) is 13.1 Å². The molecule has 2 aliphatic carbocycles. The molecule has 4 rings (SSSR count). The molecule has 6 heteroatoms. The number of carbonyl (C=O) groups is 2. The van der Waals surface area contributed by atoms with E-state index in [0.717, 1.165) is 31.6 Å². The third kappa shape index (κ3) is 3.14. The van der Waals surface area contributed by atoms with Crippen molar-refractivity contribution in [1.82, 2.24) is 4.90 Å². The number of quaternary nitrogens is 1. The van der Waals surface area contributed by atoms with Crippen molar-refractivity contribution in [3.63, 3.8) is 0 Å². The van der Waals surface area contributed by atoms with Gasteiger partial charge in [-0.25, -0.2) is 4.39 Å². The van der Waals surface area contributed by atoms with Crippen LogP contribution in [0.25, 0.3) is 0 Å². The molecule has 1 heterocycles. The minimum atomic E-state index is -1.10. The lowest BCUT2D eigenvalue weighted by molar-refractivity contribution is -0.917. The van der Waals surface area contributed by atoms with Gasteiger partial charge in [0, 0.05) is 17.5 Å². The molecule has 1 aliphatic heterocycles. The largest absolute Gasteiger partial charge is 0.550 e. The summed E-state index contributed by atoms with van der Waals surface area (Å²) in [5.41, 5.74) is 0.954. The molecule has 1 N–H and O–H groups in total. The maximum absolute atomic E-state index is 13.3. The number of halogens is 1. The molecule has 0 spiro atoms. The second-order valence-electron chi connectivity index (χ2n) is 7.70. The fraction of sp³-hybridized carbons (Fsp3) is 0.500. The number of allylic oxidation sites excluding steroid dienone is 2. The number of piperazine rings is 1. The topological polar surface area (TPSA) is 64.9 Å². The van der Waals surface area contributed by atoms with Crippen LogP contribution in [0, 0.1) is 29.5 Å². The van der Waals surface area contributed by atoms with Crippen molar-refractivity contribution in [2.75, 3.05) is 26.2 Å². The average molecular weight is 358 g/mol. The van der Waals surface area contributed by atoms with Crippen LogP contribution in [0.5, 0.6) is 0 Å². The molecular formula is C20H23FN2O3. The van der Waals surface area contributed by atoms with E-state index in [1.165, 1.54) is 11.0 Å². The Morgan fingerprint density at radius 3 is 2.50 bits per heavy atom. The first-order valence-corrected chi connectivity index (χ1v) is 9.29. The lowest BCUT2D eigenvalue weighted by atomic mass is 9.82. The number of hydrogen-bond acceptors (Lipinski definition) is 3. The molecule has 0 aromatic heterocycles. The fourth-order valence-corrected chi connectivity index (χ4v) is 4.85. The zero-order chi connectivity index (χ0) is 18.3. The number of carboxylic acids is 1. The highest BCUT2D eigenvalue weighted by atomic mass is 19.1. The molecule has 1 saturated carbocycles. The molecule has 4 atom stereocenters. The van der Waals surface area contributed by atoms with Gasteiger partial charge in [0.05, 0.1) is 32.1 Å². The van der Waals surface area contributed by atoms with Crippen molar-refractivity contribution < 1.29 is 24.0 Å². The predicted octanol–water partition coefficient (Wildman–Crippen LogP) is -0.759. The molecule has 3 aliphatic rings. The summed E-state index contributed by atoms with van der Waals surface area (Å²) in [4.78, 5) is 27.6. The van der Waals surface area contributed by atoms with Crippen LogP contribution in [0.1, 0.15) is 12.0 Å². The highest BCUT2D eigenvalue weighted by Gasteiger charge is 2.50. The Balaban J connectivity index is 1.36. The van der Waals surface area contributed by atoms with Gasteiger partial charge in [-0.1, -0.05) is 24.3 Å². The summed E-state index contributed by atoms with van der Waals surface area (Å²) in [7, 11) is 0. The van der Waals surface area contributed by atoms with Gasteiger partial charge in [-0.3, -0.25) is 4.79 Å². The van der Waals surface area contributed by atoms with E-state index < -0.39 is 17.8 Å². The van der Waals surface area contributed by atoms with E-state index >= 15 is 0 Å². The minimum absolute atomic E-state index is 0.0353. The van der Waals surface area contributed by atoms with E-state index in [-0.39, 0.29) is 23.6 Å². The molecule has 1 aromatic carbocycles. The average Bonchev–Trinajstić information content (AvgIpc) is 3.23. The molecule has 0 unspecified atom stereocenters. The lowest BCUT2D eigenvalue weighted by Gasteiger charge is -2.37. The first kappa shape index (κ1) is 17.2. The third-order valence-electron chi connectivity index (χ3n) is 6.14. The monoisotopic (exact) mass is 358 g/mol. The Bertz CT molecular complexity index is 742. The van der Waals surface area contributed by atoms with Crippen LogP contribution in [0.2, 0.25) is 0 Å². The van der Waals surface area contributed by atoms with Gasteiger partial charge >= 0.3 is 0 Å². The zero-order valence-corrected chi connectivity index (χ0v) is 14.6. The van der Waals surface area contributed by atoms with E-state index in [1.54, 1.807) is 12.1 Å². The number of hydrogen-bond donors (Lipinski definition) is 1. The maximum atomic E-state index is 13.3. The quantitative estimate of drug-likeness (QED) is 0.720. The molecule has 1 amide bonds. The summed E-state index contributed by atoms with van der Waals surface area (Å²) < 4.78 is 13.3. The van der Waals surface area contributed by atoms with Crippen LogP contribution in [0.3, 0.4) is 0 Å². The van der Waals surface area contributed by atoms with E-state index in [2.05, 4.69) is 0 Å². The SMILES string of the molecule is O=C([O-])[C@@H]1[C@H](C(=O)N2CC[NH+](Cc3cccc(F)c3)CC2)[C@@H]2C=C[C@H]1C2. The second-order valence-corrected chi connectivity index (χ2v) is 7.70. The number of carbonyl (C=O) groups excluding carboxylic acids is 2. The van der Waals surface area contributed by atoms with Crippen molar-refractivity contribution >= 4 is 11.9 Å². The van der Waals surface area contributed by atoms with Crippen molar-refractivity contribution in [2.45, 2.75) is 13.0 Å². The summed E-state index contributed by atoms with van der Waals surface area (Å²) >= 11 is 0. The van der Waals surface area contributed by atoms with Crippen LogP contribution in [0.4, 0.5) is 4.39 Å². The van der Waals surface area contributed by atoms with Gasteiger partial charge < -0.3 is 19.7 Å². The van der Waals surface area contributed by atoms with Gasteiger partial charge in [0.25, 0.3) is 0 Å². The van der Waals surface area contributed by atoms with Gasteiger partial charge in [0.2, 0.25) is 5.91 Å². The molecule has 0 radical (unpaired) electrons. The number of carboxylic acid groups (broad SMARTS) is 1. The molecule has 138 valence electrons. The normalized spacial score (nSPS) is 30.7. The van der Waals surface area contributed by atoms with E-state index in [1.807, 2.05) is 23.1 Å². The maximum Gasteiger partial charge on any atom is 0.227 e. The van der Waals surface area contributed by atoms with Crippen molar-refractivity contribution in [3.8, 4) is 0 Å². The Hall–Kier alpha value is -2.21. The van der Waals surface area contributed by atoms with Gasteiger partial charge in [0.1, 0.15) is 12.4 Å². The van der Waals surface area contributed by atoms with Crippen molar-refractivity contribution in [3.05, 3.63) is 47.8 Å². The highest BCUT2D eigenvalue weighted by Crippen LogP contribution is 2.48. The van der Waals surface area contributed by atoms with Gasteiger partial charge in [0.15, 0.2) is 0 Å². The summed E-state index contributed by atoms with van der Waals surface area (Å²) in [6, 6.07) is 6.62. The molecule has 1 aromatic rings. The number of fused-ring (bicyclic) bond motifs is 2. The van der Waals surface area contributed by atoms with Gasteiger partial charge in [-0.15, -0.1) is 0 Å². The van der Waals surface area contributed by atoms with E-state index in [9.17, 15) is 19.1 Å². The van der Waals surface area contributed by atoms with Crippen LogP contribution >= 0.6 is 0 Å². The van der Waals surface area contributed by atoms with Crippen LogP contribution in [-0.4, -0.2) is 43.0 Å². The number of nitrogens with one attached hydrogen (secondary N) is 1. The summed E-state index contributed by atoms with van der Waals surface area (Å²) in [6.45, 7) is 3.53.